The van der Waals surface area contributed by atoms with Gasteiger partial charge in [-0.3, -0.25) is 4.98 Å². The number of esters is 1. The molecule has 0 aliphatic carbocycles. The van der Waals surface area contributed by atoms with Crippen molar-refractivity contribution in [3.63, 3.8) is 0 Å². The second-order valence-electron chi connectivity index (χ2n) is 4.22. The average molecular weight is 237 g/mol. The van der Waals surface area contributed by atoms with Crippen molar-refractivity contribution in [3.8, 4) is 0 Å². The Morgan fingerprint density at radius 1 is 1.59 bits per heavy atom. The van der Waals surface area contributed by atoms with Gasteiger partial charge in [0.1, 0.15) is 6.10 Å². The van der Waals surface area contributed by atoms with Gasteiger partial charge in [-0.1, -0.05) is 0 Å². The molecule has 0 aliphatic rings. The Labute approximate surface area is 102 Å². The Kier molecular flexibility index (Phi) is 5.06. The fourth-order valence-corrected chi connectivity index (χ4v) is 1.52. The van der Waals surface area contributed by atoms with E-state index in [1.807, 2.05) is 25.9 Å². The first-order chi connectivity index (χ1) is 8.02. The maximum atomic E-state index is 11.8. The van der Waals surface area contributed by atoms with Gasteiger partial charge in [0.05, 0.1) is 11.3 Å². The van der Waals surface area contributed by atoms with E-state index in [4.69, 9.17) is 10.5 Å². The number of nitrogens with two attached hydrogens (primary N) is 1. The van der Waals surface area contributed by atoms with E-state index in [1.165, 1.54) is 0 Å². The molecule has 1 rings (SSSR count). The highest BCUT2D eigenvalue weighted by Crippen LogP contribution is 2.06. The molecule has 2 N–H and O–H groups in total. The van der Waals surface area contributed by atoms with Crippen molar-refractivity contribution >= 4 is 5.97 Å². The lowest BCUT2D eigenvalue weighted by Gasteiger charge is -2.17. The first-order valence-corrected chi connectivity index (χ1v) is 5.53. The van der Waals surface area contributed by atoms with Crippen molar-refractivity contribution < 1.29 is 9.53 Å². The molecule has 0 saturated carbocycles. The van der Waals surface area contributed by atoms with Crippen LogP contribution >= 0.6 is 0 Å². The van der Waals surface area contributed by atoms with E-state index < -0.39 is 0 Å². The fraction of sp³-hybridized carbons (Fsp3) is 0.500. The highest BCUT2D eigenvalue weighted by molar-refractivity contribution is 5.89. The molecule has 5 nitrogen and oxygen atoms in total. The van der Waals surface area contributed by atoms with Gasteiger partial charge in [0.2, 0.25) is 0 Å². The Balaban J connectivity index is 2.63. The van der Waals surface area contributed by atoms with Gasteiger partial charge < -0.3 is 15.4 Å². The monoisotopic (exact) mass is 237 g/mol. The number of likely N-dealkylation sites (N-methyl/N-ethyl adjacent to an activating group) is 1. The van der Waals surface area contributed by atoms with Gasteiger partial charge in [-0.15, -0.1) is 0 Å². The van der Waals surface area contributed by atoms with Gasteiger partial charge in [0.25, 0.3) is 0 Å². The summed E-state index contributed by atoms with van der Waals surface area (Å²) in [5, 5.41) is 0. The van der Waals surface area contributed by atoms with E-state index >= 15 is 0 Å². The second-order valence-corrected chi connectivity index (χ2v) is 4.22. The predicted octanol–water partition coefficient (Wildman–Crippen LogP) is 0.647. The third kappa shape index (κ3) is 4.50. The van der Waals surface area contributed by atoms with Crippen molar-refractivity contribution in [2.24, 2.45) is 5.73 Å². The molecule has 0 bridgehead atoms. The lowest BCUT2D eigenvalue weighted by molar-refractivity contribution is 0.0289. The number of nitrogens with zero attached hydrogens (tertiary/aromatic N) is 2. The molecule has 1 aromatic heterocycles. The number of rotatable bonds is 5. The van der Waals surface area contributed by atoms with Crippen LogP contribution < -0.4 is 5.73 Å². The zero-order valence-corrected chi connectivity index (χ0v) is 10.5. The molecule has 1 heterocycles. The highest BCUT2D eigenvalue weighted by atomic mass is 16.5. The Morgan fingerprint density at radius 2 is 2.29 bits per heavy atom. The molecule has 0 radical (unpaired) electrons. The molecule has 94 valence electrons. The molecule has 0 spiro atoms. The van der Waals surface area contributed by atoms with Gasteiger partial charge in [0, 0.05) is 19.3 Å². The maximum Gasteiger partial charge on any atom is 0.338 e. The normalized spacial score (nSPS) is 12.5. The molecule has 0 saturated heterocycles. The van der Waals surface area contributed by atoms with Crippen LogP contribution in [0.25, 0.3) is 0 Å². The van der Waals surface area contributed by atoms with Crippen LogP contribution in [-0.2, 0) is 11.3 Å². The van der Waals surface area contributed by atoms with Gasteiger partial charge in [-0.25, -0.2) is 4.79 Å². The highest BCUT2D eigenvalue weighted by Gasteiger charge is 2.13. The molecule has 0 fully saturated rings. The van der Waals surface area contributed by atoms with Crippen LogP contribution in [0.3, 0.4) is 0 Å². The zero-order valence-electron chi connectivity index (χ0n) is 10.5. The van der Waals surface area contributed by atoms with E-state index in [9.17, 15) is 4.79 Å². The van der Waals surface area contributed by atoms with Crippen LogP contribution in [0.15, 0.2) is 18.3 Å². The van der Waals surface area contributed by atoms with Crippen LogP contribution in [0, 0.1) is 0 Å². The lowest BCUT2D eigenvalue weighted by atomic mass is 10.2. The molecule has 17 heavy (non-hydrogen) atoms. The SMILES string of the molecule is CC(CN(C)C)OC(=O)c1ccnc(CN)c1. The largest absolute Gasteiger partial charge is 0.458 e. The number of carbonyl (C=O) groups is 1. The second kappa shape index (κ2) is 6.32. The van der Waals surface area contributed by atoms with Crippen LogP contribution in [-0.4, -0.2) is 42.6 Å². The number of hydrogen-bond donors (Lipinski definition) is 1. The minimum Gasteiger partial charge on any atom is -0.458 e. The summed E-state index contributed by atoms with van der Waals surface area (Å²) in [5.74, 6) is -0.337. The summed E-state index contributed by atoms with van der Waals surface area (Å²) < 4.78 is 5.30. The third-order valence-electron chi connectivity index (χ3n) is 2.19. The minimum atomic E-state index is -0.337. The quantitative estimate of drug-likeness (QED) is 0.761. The summed E-state index contributed by atoms with van der Waals surface area (Å²) >= 11 is 0. The molecule has 1 unspecified atom stereocenters. The smallest absolute Gasteiger partial charge is 0.338 e. The van der Waals surface area contributed by atoms with E-state index in [2.05, 4.69) is 4.98 Å². The summed E-state index contributed by atoms with van der Waals surface area (Å²) in [6, 6.07) is 3.29. The molecular formula is C12H19N3O2. The summed E-state index contributed by atoms with van der Waals surface area (Å²) in [6.45, 7) is 2.87. The predicted molar refractivity (Wildman–Crippen MR) is 65.6 cm³/mol. The van der Waals surface area contributed by atoms with Gasteiger partial charge >= 0.3 is 5.97 Å². The van der Waals surface area contributed by atoms with E-state index in [0.29, 0.717) is 24.3 Å². The molecular weight excluding hydrogens is 218 g/mol. The van der Waals surface area contributed by atoms with Crippen LogP contribution in [0.5, 0.6) is 0 Å². The number of carbonyl (C=O) groups excluding carboxylic acids is 1. The van der Waals surface area contributed by atoms with Gasteiger partial charge in [-0.05, 0) is 33.2 Å². The first kappa shape index (κ1) is 13.6. The number of ether oxygens (including phenoxy) is 1. The van der Waals surface area contributed by atoms with Gasteiger partial charge in [-0.2, -0.15) is 0 Å². The molecule has 0 aromatic carbocycles. The fourth-order valence-electron chi connectivity index (χ4n) is 1.52. The summed E-state index contributed by atoms with van der Waals surface area (Å²) in [7, 11) is 3.87. The van der Waals surface area contributed by atoms with E-state index in [0.717, 1.165) is 0 Å². The summed E-state index contributed by atoms with van der Waals surface area (Å²) in [5.41, 5.74) is 6.64. The Bertz CT molecular complexity index is 380. The maximum absolute atomic E-state index is 11.8. The van der Waals surface area contributed by atoms with Crippen LogP contribution in [0.4, 0.5) is 0 Å². The molecule has 0 aliphatic heterocycles. The number of hydrogen-bond acceptors (Lipinski definition) is 5. The minimum absolute atomic E-state index is 0.146. The first-order valence-electron chi connectivity index (χ1n) is 5.53. The average Bonchev–Trinajstić information content (AvgIpc) is 2.27. The third-order valence-corrected chi connectivity index (χ3v) is 2.19. The molecule has 1 aromatic rings. The van der Waals surface area contributed by atoms with Crippen LogP contribution in [0.2, 0.25) is 0 Å². The van der Waals surface area contributed by atoms with Crippen molar-refractivity contribution in [1.82, 2.24) is 9.88 Å². The van der Waals surface area contributed by atoms with E-state index in [1.54, 1.807) is 18.3 Å². The number of aromatic nitrogens is 1. The summed E-state index contributed by atoms with van der Waals surface area (Å²) in [6.07, 6.45) is 1.42. The zero-order chi connectivity index (χ0) is 12.8. The van der Waals surface area contributed by atoms with E-state index in [-0.39, 0.29) is 12.1 Å². The van der Waals surface area contributed by atoms with Crippen molar-refractivity contribution in [2.75, 3.05) is 20.6 Å². The molecule has 5 heteroatoms. The van der Waals surface area contributed by atoms with Crippen molar-refractivity contribution in [3.05, 3.63) is 29.6 Å². The van der Waals surface area contributed by atoms with Gasteiger partial charge in [0.15, 0.2) is 0 Å². The van der Waals surface area contributed by atoms with Crippen molar-refractivity contribution in [1.29, 1.82) is 0 Å². The van der Waals surface area contributed by atoms with Crippen molar-refractivity contribution in [2.45, 2.75) is 19.6 Å². The molecule has 1 atom stereocenters. The summed E-state index contributed by atoms with van der Waals surface area (Å²) in [4.78, 5) is 17.8. The molecule has 0 amide bonds. The lowest BCUT2D eigenvalue weighted by Crippen LogP contribution is -2.28. The standard InChI is InChI=1S/C12H19N3O2/c1-9(8-15(2)3)17-12(16)10-4-5-14-11(6-10)7-13/h4-6,9H,7-8,13H2,1-3H3. The Hall–Kier alpha value is -1.46. The number of pyridine rings is 1. The van der Waals surface area contributed by atoms with Crippen LogP contribution in [0.1, 0.15) is 23.0 Å². The topological polar surface area (TPSA) is 68.5 Å². The Morgan fingerprint density at radius 3 is 2.88 bits per heavy atom.